The molecule has 0 rings (SSSR count). The summed E-state index contributed by atoms with van der Waals surface area (Å²) < 4.78 is 0. The summed E-state index contributed by atoms with van der Waals surface area (Å²) >= 11 is 0. The molecule has 0 aromatic carbocycles. The van der Waals surface area contributed by atoms with Gasteiger partial charge < -0.3 is 26.9 Å². The van der Waals surface area contributed by atoms with Gasteiger partial charge in [0.25, 0.3) is 0 Å². The van der Waals surface area contributed by atoms with E-state index < -0.39 is 5.09 Å². The maximum absolute atomic E-state index is 8.25. The van der Waals surface area contributed by atoms with Gasteiger partial charge in [0.1, 0.15) is 0 Å². The Bertz CT molecular complexity index is 32.7. The van der Waals surface area contributed by atoms with Gasteiger partial charge in [0.05, 0.1) is 5.09 Å². The molecule has 7 heavy (non-hydrogen) atoms. The van der Waals surface area contributed by atoms with Crippen LogP contribution in [0.25, 0.3) is 0 Å². The maximum Gasteiger partial charge on any atom is 1.00 e. The van der Waals surface area contributed by atoms with E-state index in [1.54, 1.807) is 0 Å². The van der Waals surface area contributed by atoms with Gasteiger partial charge in [0, 0.05) is 0 Å². The Morgan fingerprint density at radius 1 is 1.29 bits per heavy atom. The Balaban J connectivity index is -0.0000000150. The summed E-state index contributed by atoms with van der Waals surface area (Å²) in [6.45, 7) is 0. The monoisotopic (exact) mass is 136 g/mol. The average Bonchev–Trinajstić information content (AvgIpc) is 0.811. The van der Waals surface area contributed by atoms with Crippen LogP contribution in [0.3, 0.4) is 0 Å². The predicted octanol–water partition coefficient (Wildman–Crippen LogP) is -3.90. The Hall–Kier alpha value is 0.756. The first kappa shape index (κ1) is 25.1. The summed E-state index contributed by atoms with van der Waals surface area (Å²) in [6, 6.07) is 0. The van der Waals surface area contributed by atoms with E-state index in [0.717, 1.165) is 0 Å². The SMILES string of the molecule is N.O.O=[N+]([O-])[O-].[K+]. The molecule has 0 radical (unpaired) electrons. The van der Waals surface area contributed by atoms with Gasteiger partial charge in [-0.05, 0) is 0 Å². The third kappa shape index (κ3) is 267. The molecule has 6 nitrogen and oxygen atoms in total. The molecule has 0 fully saturated rings. The van der Waals surface area contributed by atoms with Crippen molar-refractivity contribution in [2.45, 2.75) is 0 Å². The molecule has 40 valence electrons. The van der Waals surface area contributed by atoms with E-state index in [0.29, 0.717) is 0 Å². The molecule has 0 spiro atoms. The molecule has 0 aliphatic carbocycles. The summed E-state index contributed by atoms with van der Waals surface area (Å²) in [7, 11) is 0. The third-order valence-corrected chi connectivity index (χ3v) is 0. The minimum atomic E-state index is -1.75. The number of hydrogen-bond acceptors (Lipinski definition) is 4. The van der Waals surface area contributed by atoms with E-state index in [9.17, 15) is 0 Å². The van der Waals surface area contributed by atoms with Crippen molar-refractivity contribution < 1.29 is 61.9 Å². The van der Waals surface area contributed by atoms with Crippen LogP contribution in [0.5, 0.6) is 0 Å². The molecular formula is H5KN2O4. The molecule has 0 aromatic rings. The van der Waals surface area contributed by atoms with Gasteiger partial charge in [-0.1, -0.05) is 0 Å². The molecule has 0 heterocycles. The Kier molecular flexibility index (Phi) is 56.9. The van der Waals surface area contributed by atoms with Crippen LogP contribution in [0.1, 0.15) is 0 Å². The standard InChI is InChI=1S/K.NO3.H3N.H2O/c;2-1(3)4;;/h;;1H3;1H2/q+1;-1;;. The van der Waals surface area contributed by atoms with Gasteiger partial charge in [-0.2, -0.15) is 0 Å². The van der Waals surface area contributed by atoms with Crippen molar-refractivity contribution in [3.8, 4) is 0 Å². The quantitative estimate of drug-likeness (QED) is 0.207. The van der Waals surface area contributed by atoms with E-state index in [2.05, 4.69) is 0 Å². The van der Waals surface area contributed by atoms with Crippen LogP contribution in [0.15, 0.2) is 0 Å². The molecule has 7 heteroatoms. The van der Waals surface area contributed by atoms with Crippen molar-refractivity contribution in [1.82, 2.24) is 6.15 Å². The first-order valence-corrected chi connectivity index (χ1v) is 0.548. The Morgan fingerprint density at radius 3 is 1.29 bits per heavy atom. The normalized spacial score (nSPS) is 3.43. The zero-order chi connectivity index (χ0) is 3.58. The van der Waals surface area contributed by atoms with Gasteiger partial charge in [-0.15, -0.1) is 0 Å². The minimum Gasteiger partial charge on any atom is -0.412 e. The summed E-state index contributed by atoms with van der Waals surface area (Å²) in [4.78, 5) is 8.25. The molecule has 0 bridgehead atoms. The summed E-state index contributed by atoms with van der Waals surface area (Å²) in [5.41, 5.74) is 0. The first-order chi connectivity index (χ1) is 1.73. The fraction of sp³-hybridized carbons (Fsp3) is 0. The van der Waals surface area contributed by atoms with E-state index in [4.69, 9.17) is 15.3 Å². The van der Waals surface area contributed by atoms with Crippen LogP contribution in [0.4, 0.5) is 0 Å². The minimum absolute atomic E-state index is 0. The van der Waals surface area contributed by atoms with E-state index >= 15 is 0 Å². The summed E-state index contributed by atoms with van der Waals surface area (Å²) in [6.07, 6.45) is 0. The molecule has 0 atom stereocenters. The van der Waals surface area contributed by atoms with Gasteiger partial charge in [0.15, 0.2) is 0 Å². The van der Waals surface area contributed by atoms with Gasteiger partial charge in [-0.25, -0.2) is 0 Å². The van der Waals surface area contributed by atoms with Gasteiger partial charge in [-0.3, -0.25) is 0 Å². The molecule has 0 aliphatic rings. The predicted molar refractivity (Wildman–Crippen MR) is 19.0 cm³/mol. The molecule has 0 aliphatic heterocycles. The number of nitrogens with zero attached hydrogens (tertiary/aromatic N) is 1. The molecule has 0 aromatic heterocycles. The van der Waals surface area contributed by atoms with Gasteiger partial charge in [0.2, 0.25) is 0 Å². The second kappa shape index (κ2) is 15.9. The summed E-state index contributed by atoms with van der Waals surface area (Å²) in [5.74, 6) is 0. The number of rotatable bonds is 0. The van der Waals surface area contributed by atoms with Crippen molar-refractivity contribution in [2.24, 2.45) is 0 Å². The fourth-order valence-corrected chi connectivity index (χ4v) is 0. The second-order valence-corrected chi connectivity index (χ2v) is 0.224. The average molecular weight is 136 g/mol. The van der Waals surface area contributed by atoms with Crippen molar-refractivity contribution in [3.63, 3.8) is 0 Å². The zero-order valence-corrected chi connectivity index (χ0v) is 7.00. The Morgan fingerprint density at radius 2 is 1.29 bits per heavy atom. The van der Waals surface area contributed by atoms with Crippen LogP contribution < -0.4 is 57.5 Å². The van der Waals surface area contributed by atoms with Crippen LogP contribution >= 0.6 is 0 Å². The first-order valence-electron chi connectivity index (χ1n) is 0.548. The smallest absolute Gasteiger partial charge is 0.412 e. The molecule has 0 saturated carbocycles. The Labute approximate surface area is 82.3 Å². The fourth-order valence-electron chi connectivity index (χ4n) is 0. The van der Waals surface area contributed by atoms with Crippen LogP contribution in [-0.2, 0) is 0 Å². The number of hydrogen-bond donors (Lipinski definition) is 1. The van der Waals surface area contributed by atoms with Gasteiger partial charge >= 0.3 is 51.4 Å². The van der Waals surface area contributed by atoms with Crippen LogP contribution in [0.2, 0.25) is 0 Å². The van der Waals surface area contributed by atoms with E-state index in [-0.39, 0.29) is 63.0 Å². The zero-order valence-electron chi connectivity index (χ0n) is 3.88. The maximum atomic E-state index is 8.25. The second-order valence-electron chi connectivity index (χ2n) is 0.224. The van der Waals surface area contributed by atoms with Crippen molar-refractivity contribution in [1.29, 1.82) is 0 Å². The molecule has 5 N–H and O–H groups in total. The van der Waals surface area contributed by atoms with Crippen molar-refractivity contribution in [2.75, 3.05) is 0 Å². The largest absolute Gasteiger partial charge is 1.00 e. The van der Waals surface area contributed by atoms with Crippen LogP contribution in [0, 0.1) is 15.3 Å². The molecular weight excluding hydrogens is 131 g/mol. The van der Waals surface area contributed by atoms with Crippen molar-refractivity contribution in [3.05, 3.63) is 15.3 Å². The van der Waals surface area contributed by atoms with E-state index in [1.807, 2.05) is 0 Å². The molecule has 0 saturated heterocycles. The van der Waals surface area contributed by atoms with Crippen LogP contribution in [-0.4, -0.2) is 10.6 Å². The third-order valence-electron chi connectivity index (χ3n) is 0. The summed E-state index contributed by atoms with van der Waals surface area (Å²) in [5, 5.41) is 14.8. The van der Waals surface area contributed by atoms with Crippen molar-refractivity contribution >= 4 is 0 Å². The topological polar surface area (TPSA) is 133 Å². The van der Waals surface area contributed by atoms with E-state index in [1.165, 1.54) is 0 Å². The molecule has 0 amide bonds. The molecule has 0 unspecified atom stereocenters.